The van der Waals surface area contributed by atoms with Crippen LogP contribution in [0.15, 0.2) is 18.2 Å². The molecule has 0 saturated heterocycles. The maximum Gasteiger partial charge on any atom is 0.231 e. The van der Waals surface area contributed by atoms with Gasteiger partial charge < -0.3 is 14.8 Å². The fourth-order valence-electron chi connectivity index (χ4n) is 3.62. The van der Waals surface area contributed by atoms with Crippen molar-refractivity contribution in [2.45, 2.75) is 64.5 Å². The van der Waals surface area contributed by atoms with Gasteiger partial charge >= 0.3 is 0 Å². The molecule has 1 aliphatic carbocycles. The molecule has 0 bridgehead atoms. The summed E-state index contributed by atoms with van der Waals surface area (Å²) in [7, 11) is 0. The van der Waals surface area contributed by atoms with Crippen molar-refractivity contribution >= 4 is 0 Å². The minimum Gasteiger partial charge on any atom is -0.454 e. The first-order chi connectivity index (χ1) is 10.2. The second kappa shape index (κ2) is 6.69. The first kappa shape index (κ1) is 14.7. The Hall–Kier alpha value is -1.22. The van der Waals surface area contributed by atoms with Gasteiger partial charge in [0.05, 0.1) is 0 Å². The standard InChI is InChI=1S/C18H27NO2/c1-13(15-7-5-3-4-6-8-15)19-14(2)16-9-10-17-18(11-16)21-12-20-17/h9-11,13-15,19H,3-8,12H2,1-2H3/t13-,14?/m0/s1. The summed E-state index contributed by atoms with van der Waals surface area (Å²) in [5, 5.41) is 3.79. The minimum atomic E-state index is 0.345. The monoisotopic (exact) mass is 289 g/mol. The molecule has 2 atom stereocenters. The second-order valence-corrected chi connectivity index (χ2v) is 6.54. The van der Waals surface area contributed by atoms with Crippen LogP contribution in [0.2, 0.25) is 0 Å². The van der Waals surface area contributed by atoms with E-state index in [0.29, 0.717) is 18.9 Å². The van der Waals surface area contributed by atoms with Crippen LogP contribution in [0.4, 0.5) is 0 Å². The molecule has 1 aliphatic heterocycles. The smallest absolute Gasteiger partial charge is 0.231 e. The highest BCUT2D eigenvalue weighted by molar-refractivity contribution is 5.45. The van der Waals surface area contributed by atoms with Crippen LogP contribution < -0.4 is 14.8 Å². The molecule has 0 radical (unpaired) electrons. The van der Waals surface area contributed by atoms with Gasteiger partial charge in [0.25, 0.3) is 0 Å². The largest absolute Gasteiger partial charge is 0.454 e. The van der Waals surface area contributed by atoms with E-state index in [1.807, 2.05) is 6.07 Å². The van der Waals surface area contributed by atoms with Gasteiger partial charge in [0.2, 0.25) is 6.79 Å². The average molecular weight is 289 g/mol. The third-order valence-electron chi connectivity index (χ3n) is 5.02. The van der Waals surface area contributed by atoms with E-state index in [-0.39, 0.29) is 0 Å². The summed E-state index contributed by atoms with van der Waals surface area (Å²) in [6.07, 6.45) is 8.39. The Morgan fingerprint density at radius 3 is 2.48 bits per heavy atom. The van der Waals surface area contributed by atoms with E-state index in [0.717, 1.165) is 17.4 Å². The van der Waals surface area contributed by atoms with Gasteiger partial charge in [0.15, 0.2) is 11.5 Å². The van der Waals surface area contributed by atoms with E-state index in [1.165, 1.54) is 44.1 Å². The molecule has 1 aromatic carbocycles. The van der Waals surface area contributed by atoms with Gasteiger partial charge in [-0.1, -0.05) is 31.7 Å². The molecule has 21 heavy (non-hydrogen) atoms. The lowest BCUT2D eigenvalue weighted by molar-refractivity contribution is 0.174. The Morgan fingerprint density at radius 2 is 1.71 bits per heavy atom. The molecular formula is C18H27NO2. The summed E-state index contributed by atoms with van der Waals surface area (Å²) in [4.78, 5) is 0. The summed E-state index contributed by atoms with van der Waals surface area (Å²) < 4.78 is 10.9. The van der Waals surface area contributed by atoms with Crippen LogP contribution in [0.5, 0.6) is 11.5 Å². The van der Waals surface area contributed by atoms with Gasteiger partial charge in [-0.3, -0.25) is 0 Å². The van der Waals surface area contributed by atoms with Crippen LogP contribution in [-0.2, 0) is 0 Å². The van der Waals surface area contributed by atoms with Crippen molar-refractivity contribution in [3.63, 3.8) is 0 Å². The highest BCUT2D eigenvalue weighted by atomic mass is 16.7. The van der Waals surface area contributed by atoms with Gasteiger partial charge in [-0.05, 0) is 50.3 Å². The van der Waals surface area contributed by atoms with Crippen LogP contribution in [-0.4, -0.2) is 12.8 Å². The number of rotatable bonds is 4. The molecule has 1 saturated carbocycles. The molecule has 116 valence electrons. The lowest BCUT2D eigenvalue weighted by Crippen LogP contribution is -2.35. The van der Waals surface area contributed by atoms with Crippen molar-refractivity contribution in [1.82, 2.24) is 5.32 Å². The lowest BCUT2D eigenvalue weighted by Gasteiger charge is -2.27. The van der Waals surface area contributed by atoms with Gasteiger partial charge in [-0.2, -0.15) is 0 Å². The zero-order chi connectivity index (χ0) is 14.7. The molecular weight excluding hydrogens is 262 g/mol. The van der Waals surface area contributed by atoms with E-state index in [2.05, 4.69) is 31.3 Å². The molecule has 1 heterocycles. The van der Waals surface area contributed by atoms with Crippen molar-refractivity contribution in [2.75, 3.05) is 6.79 Å². The Labute approximate surface area is 128 Å². The molecule has 1 N–H and O–H groups in total. The highest BCUT2D eigenvalue weighted by Gasteiger charge is 2.22. The first-order valence-electron chi connectivity index (χ1n) is 8.39. The Kier molecular flexibility index (Phi) is 4.69. The Bertz CT molecular complexity index is 466. The molecule has 0 aromatic heterocycles. The topological polar surface area (TPSA) is 30.5 Å². The molecule has 2 aliphatic rings. The number of hydrogen-bond acceptors (Lipinski definition) is 3. The van der Waals surface area contributed by atoms with Gasteiger partial charge in [-0.15, -0.1) is 0 Å². The highest BCUT2D eigenvalue weighted by Crippen LogP contribution is 2.34. The molecule has 0 spiro atoms. The Morgan fingerprint density at radius 1 is 1.00 bits per heavy atom. The van der Waals surface area contributed by atoms with Gasteiger partial charge in [0, 0.05) is 12.1 Å². The summed E-state index contributed by atoms with van der Waals surface area (Å²) in [5.41, 5.74) is 1.28. The summed E-state index contributed by atoms with van der Waals surface area (Å²) >= 11 is 0. The normalized spacial score (nSPS) is 21.8. The molecule has 1 unspecified atom stereocenters. The first-order valence-corrected chi connectivity index (χ1v) is 8.39. The van der Waals surface area contributed by atoms with Crippen molar-refractivity contribution in [3.8, 4) is 11.5 Å². The number of hydrogen-bond donors (Lipinski definition) is 1. The van der Waals surface area contributed by atoms with Crippen LogP contribution in [0.3, 0.4) is 0 Å². The fourth-order valence-corrected chi connectivity index (χ4v) is 3.62. The molecule has 3 nitrogen and oxygen atoms in total. The van der Waals surface area contributed by atoms with Crippen molar-refractivity contribution in [3.05, 3.63) is 23.8 Å². The predicted octanol–water partition coefficient (Wildman–Crippen LogP) is 4.42. The van der Waals surface area contributed by atoms with Crippen LogP contribution in [0.1, 0.15) is 64.0 Å². The number of benzene rings is 1. The zero-order valence-corrected chi connectivity index (χ0v) is 13.2. The lowest BCUT2D eigenvalue weighted by atomic mass is 9.92. The van der Waals surface area contributed by atoms with Crippen LogP contribution >= 0.6 is 0 Å². The molecule has 3 heteroatoms. The van der Waals surface area contributed by atoms with Crippen molar-refractivity contribution < 1.29 is 9.47 Å². The molecule has 0 amide bonds. The van der Waals surface area contributed by atoms with Gasteiger partial charge in [0.1, 0.15) is 0 Å². The van der Waals surface area contributed by atoms with Crippen molar-refractivity contribution in [1.29, 1.82) is 0 Å². The SMILES string of the molecule is CC(N[C@@H](C)C1CCCCCC1)c1ccc2c(c1)OCO2. The third kappa shape index (κ3) is 3.52. The van der Waals surface area contributed by atoms with Crippen LogP contribution in [0, 0.1) is 5.92 Å². The Balaban J connectivity index is 1.61. The molecule has 1 aromatic rings. The predicted molar refractivity (Wildman–Crippen MR) is 84.8 cm³/mol. The van der Waals surface area contributed by atoms with Crippen molar-refractivity contribution in [2.24, 2.45) is 5.92 Å². The van der Waals surface area contributed by atoms with E-state index >= 15 is 0 Å². The zero-order valence-electron chi connectivity index (χ0n) is 13.2. The third-order valence-corrected chi connectivity index (χ3v) is 5.02. The van der Waals surface area contributed by atoms with E-state index in [9.17, 15) is 0 Å². The number of ether oxygens (including phenoxy) is 2. The average Bonchev–Trinajstić information content (AvgIpc) is 2.78. The maximum atomic E-state index is 5.48. The number of fused-ring (bicyclic) bond motifs is 1. The molecule has 1 fully saturated rings. The molecule has 3 rings (SSSR count). The second-order valence-electron chi connectivity index (χ2n) is 6.54. The number of nitrogens with one attached hydrogen (secondary N) is 1. The quantitative estimate of drug-likeness (QED) is 0.832. The van der Waals surface area contributed by atoms with Crippen LogP contribution in [0.25, 0.3) is 0 Å². The van der Waals surface area contributed by atoms with Gasteiger partial charge in [-0.25, -0.2) is 0 Å². The maximum absolute atomic E-state index is 5.48. The summed E-state index contributed by atoms with van der Waals surface area (Å²) in [6.45, 7) is 4.93. The van der Waals surface area contributed by atoms with E-state index < -0.39 is 0 Å². The van der Waals surface area contributed by atoms with E-state index in [4.69, 9.17) is 9.47 Å². The minimum absolute atomic E-state index is 0.345. The fraction of sp³-hybridized carbons (Fsp3) is 0.667. The van der Waals surface area contributed by atoms with E-state index in [1.54, 1.807) is 0 Å². The summed E-state index contributed by atoms with van der Waals surface area (Å²) in [6, 6.07) is 7.19. The summed E-state index contributed by atoms with van der Waals surface area (Å²) in [5.74, 6) is 2.56.